The molecule has 0 saturated heterocycles. The molecule has 3 rings (SSSR count). The third-order valence-corrected chi connectivity index (χ3v) is 4.70. The molecule has 150 valence electrons. The van der Waals surface area contributed by atoms with E-state index in [1.165, 1.54) is 11.3 Å². The van der Waals surface area contributed by atoms with Gasteiger partial charge in [-0.25, -0.2) is 4.99 Å². The summed E-state index contributed by atoms with van der Waals surface area (Å²) in [6.07, 6.45) is 3.52. The van der Waals surface area contributed by atoms with E-state index in [2.05, 4.69) is 38.4 Å². The molecule has 1 N–H and O–H groups in total. The van der Waals surface area contributed by atoms with Gasteiger partial charge in [0.25, 0.3) is 0 Å². The SMILES string of the molecule is CCNC(=NCC(=O)N(C)CCc1ccccn1)N1CCc2ccccc21.I. The predicted molar refractivity (Wildman–Crippen MR) is 124 cm³/mol. The Hall–Kier alpha value is -2.16. The van der Waals surface area contributed by atoms with E-state index in [1.807, 2.05) is 38.2 Å². The summed E-state index contributed by atoms with van der Waals surface area (Å²) < 4.78 is 0. The van der Waals surface area contributed by atoms with Crippen molar-refractivity contribution in [1.82, 2.24) is 15.2 Å². The summed E-state index contributed by atoms with van der Waals surface area (Å²) in [5.41, 5.74) is 3.48. The van der Waals surface area contributed by atoms with Gasteiger partial charge in [0.1, 0.15) is 6.54 Å². The van der Waals surface area contributed by atoms with Gasteiger partial charge >= 0.3 is 0 Å². The normalized spacial score (nSPS) is 12.9. The van der Waals surface area contributed by atoms with Crippen molar-refractivity contribution >= 4 is 41.5 Å². The standard InChI is InChI=1S/C21H27N5O.HI/c1-3-22-21(26-15-11-17-8-4-5-10-19(17)26)24-16-20(27)25(2)14-12-18-9-6-7-13-23-18;/h4-10,13H,3,11-12,14-16H2,1-2H3,(H,22,24);1H. The Bertz CT molecular complexity index is 796. The second-order valence-electron chi connectivity index (χ2n) is 6.59. The van der Waals surface area contributed by atoms with Crippen LogP contribution < -0.4 is 10.2 Å². The highest BCUT2D eigenvalue weighted by Gasteiger charge is 2.22. The maximum atomic E-state index is 12.5. The highest BCUT2D eigenvalue weighted by molar-refractivity contribution is 14.0. The Morgan fingerprint density at radius 1 is 1.25 bits per heavy atom. The number of nitrogens with zero attached hydrogens (tertiary/aromatic N) is 4. The van der Waals surface area contributed by atoms with E-state index in [1.54, 1.807) is 11.1 Å². The maximum Gasteiger partial charge on any atom is 0.244 e. The molecular formula is C21H28IN5O. The van der Waals surface area contributed by atoms with E-state index >= 15 is 0 Å². The van der Waals surface area contributed by atoms with E-state index in [0.717, 1.165) is 37.6 Å². The number of guanidine groups is 1. The van der Waals surface area contributed by atoms with Crippen LogP contribution in [0.4, 0.5) is 5.69 Å². The molecule has 1 aromatic heterocycles. The summed E-state index contributed by atoms with van der Waals surface area (Å²) >= 11 is 0. The van der Waals surface area contributed by atoms with Crippen molar-refractivity contribution in [3.63, 3.8) is 0 Å². The van der Waals surface area contributed by atoms with Crippen LogP contribution in [-0.4, -0.2) is 55.0 Å². The minimum absolute atomic E-state index is 0. The molecule has 0 fully saturated rings. The van der Waals surface area contributed by atoms with Crippen LogP contribution in [-0.2, 0) is 17.6 Å². The molecule has 0 spiro atoms. The number of hydrogen-bond donors (Lipinski definition) is 1. The molecule has 1 aliphatic heterocycles. The molecule has 1 aliphatic rings. The number of hydrogen-bond acceptors (Lipinski definition) is 3. The van der Waals surface area contributed by atoms with E-state index in [9.17, 15) is 4.79 Å². The number of likely N-dealkylation sites (N-methyl/N-ethyl adjacent to an activating group) is 1. The maximum absolute atomic E-state index is 12.5. The Labute approximate surface area is 184 Å². The van der Waals surface area contributed by atoms with Crippen molar-refractivity contribution in [1.29, 1.82) is 0 Å². The van der Waals surface area contributed by atoms with Crippen molar-refractivity contribution in [3.05, 3.63) is 59.9 Å². The van der Waals surface area contributed by atoms with Gasteiger partial charge in [-0.1, -0.05) is 24.3 Å². The van der Waals surface area contributed by atoms with Crippen molar-refractivity contribution in [3.8, 4) is 0 Å². The summed E-state index contributed by atoms with van der Waals surface area (Å²) in [6.45, 7) is 4.46. The molecule has 0 unspecified atom stereocenters. The number of para-hydroxylation sites is 1. The number of aliphatic imine (C=N–C) groups is 1. The van der Waals surface area contributed by atoms with Gasteiger partial charge in [0.05, 0.1) is 0 Å². The topological polar surface area (TPSA) is 60.8 Å². The van der Waals surface area contributed by atoms with Crippen LogP contribution >= 0.6 is 24.0 Å². The summed E-state index contributed by atoms with van der Waals surface area (Å²) in [5, 5.41) is 3.31. The zero-order chi connectivity index (χ0) is 19.1. The first-order chi connectivity index (χ1) is 13.2. The number of pyridine rings is 1. The van der Waals surface area contributed by atoms with Crippen molar-refractivity contribution in [2.75, 3.05) is 38.1 Å². The van der Waals surface area contributed by atoms with Crippen LogP contribution in [0.5, 0.6) is 0 Å². The molecule has 0 aliphatic carbocycles. The highest BCUT2D eigenvalue weighted by Crippen LogP contribution is 2.27. The van der Waals surface area contributed by atoms with Crippen molar-refractivity contribution in [2.24, 2.45) is 4.99 Å². The molecule has 7 heteroatoms. The predicted octanol–water partition coefficient (Wildman–Crippen LogP) is 2.73. The zero-order valence-electron chi connectivity index (χ0n) is 16.5. The third-order valence-electron chi connectivity index (χ3n) is 4.70. The van der Waals surface area contributed by atoms with Crippen LogP contribution in [0.1, 0.15) is 18.2 Å². The average molecular weight is 493 g/mol. The number of carbonyl (C=O) groups is 1. The molecule has 1 amide bonds. The minimum Gasteiger partial charge on any atom is -0.356 e. The molecule has 0 atom stereocenters. The molecular weight excluding hydrogens is 465 g/mol. The van der Waals surface area contributed by atoms with Crippen LogP contribution in [0, 0.1) is 0 Å². The first-order valence-corrected chi connectivity index (χ1v) is 9.46. The minimum atomic E-state index is 0. The largest absolute Gasteiger partial charge is 0.356 e. The van der Waals surface area contributed by atoms with Crippen molar-refractivity contribution in [2.45, 2.75) is 19.8 Å². The lowest BCUT2D eigenvalue weighted by Gasteiger charge is -2.23. The molecule has 28 heavy (non-hydrogen) atoms. The fourth-order valence-corrected chi connectivity index (χ4v) is 3.17. The Balaban J connectivity index is 0.00000280. The monoisotopic (exact) mass is 493 g/mol. The number of carbonyl (C=O) groups excluding carboxylic acids is 1. The first-order valence-electron chi connectivity index (χ1n) is 9.46. The smallest absolute Gasteiger partial charge is 0.244 e. The molecule has 0 saturated carbocycles. The Kier molecular flexibility index (Phi) is 8.69. The summed E-state index contributed by atoms with van der Waals surface area (Å²) in [4.78, 5) is 25.3. The second kappa shape index (κ2) is 11.0. The number of halogens is 1. The van der Waals surface area contributed by atoms with Gasteiger partial charge in [0, 0.05) is 50.7 Å². The van der Waals surface area contributed by atoms with Crippen LogP contribution in [0.2, 0.25) is 0 Å². The lowest BCUT2D eigenvalue weighted by molar-refractivity contribution is -0.128. The zero-order valence-corrected chi connectivity index (χ0v) is 18.8. The fourth-order valence-electron chi connectivity index (χ4n) is 3.17. The number of rotatable bonds is 6. The molecule has 2 heterocycles. The lowest BCUT2D eigenvalue weighted by atomic mass is 10.2. The Morgan fingerprint density at radius 3 is 2.79 bits per heavy atom. The van der Waals surface area contributed by atoms with Gasteiger partial charge in [0.2, 0.25) is 5.91 Å². The van der Waals surface area contributed by atoms with Crippen molar-refractivity contribution < 1.29 is 4.79 Å². The van der Waals surface area contributed by atoms with Crippen LogP contribution in [0.3, 0.4) is 0 Å². The summed E-state index contributed by atoms with van der Waals surface area (Å²) in [5.74, 6) is 0.780. The quantitative estimate of drug-likeness (QED) is 0.382. The van der Waals surface area contributed by atoms with Crippen LogP contribution in [0.25, 0.3) is 0 Å². The van der Waals surface area contributed by atoms with Gasteiger partial charge in [-0.15, -0.1) is 24.0 Å². The van der Waals surface area contributed by atoms with Gasteiger partial charge in [-0.3, -0.25) is 9.78 Å². The Morgan fingerprint density at radius 2 is 2.04 bits per heavy atom. The average Bonchev–Trinajstić information content (AvgIpc) is 3.14. The van der Waals surface area contributed by atoms with E-state index in [0.29, 0.717) is 6.54 Å². The van der Waals surface area contributed by atoms with Gasteiger partial charge in [0.15, 0.2) is 5.96 Å². The van der Waals surface area contributed by atoms with Gasteiger partial charge in [-0.2, -0.15) is 0 Å². The number of benzene rings is 1. The number of anilines is 1. The summed E-state index contributed by atoms with van der Waals surface area (Å²) in [7, 11) is 1.82. The number of amides is 1. The van der Waals surface area contributed by atoms with Gasteiger partial charge in [-0.05, 0) is 37.1 Å². The first kappa shape index (κ1) is 22.1. The molecule has 2 aromatic rings. The molecule has 0 bridgehead atoms. The fraction of sp³-hybridized carbons (Fsp3) is 0.381. The number of fused-ring (bicyclic) bond motifs is 1. The molecule has 6 nitrogen and oxygen atoms in total. The molecule has 0 radical (unpaired) electrons. The van der Waals surface area contributed by atoms with Gasteiger partial charge < -0.3 is 15.1 Å². The highest BCUT2D eigenvalue weighted by atomic mass is 127. The third kappa shape index (κ3) is 5.67. The number of nitrogens with one attached hydrogen (secondary N) is 1. The van der Waals surface area contributed by atoms with Crippen LogP contribution in [0.15, 0.2) is 53.7 Å². The van der Waals surface area contributed by atoms with E-state index in [4.69, 9.17) is 0 Å². The molecule has 1 aromatic carbocycles. The lowest BCUT2D eigenvalue weighted by Crippen LogP contribution is -2.41. The summed E-state index contributed by atoms with van der Waals surface area (Å²) in [6, 6.07) is 14.2. The second-order valence-corrected chi connectivity index (χ2v) is 6.59. The van der Waals surface area contributed by atoms with E-state index < -0.39 is 0 Å². The van der Waals surface area contributed by atoms with E-state index in [-0.39, 0.29) is 36.4 Å². The number of aromatic nitrogens is 1.